The summed E-state index contributed by atoms with van der Waals surface area (Å²) in [7, 11) is 3.18. The maximum Gasteiger partial charge on any atom is 0.202 e. The van der Waals surface area contributed by atoms with Gasteiger partial charge in [-0.25, -0.2) is 0 Å². The summed E-state index contributed by atoms with van der Waals surface area (Å²) >= 11 is 0. The highest BCUT2D eigenvalue weighted by molar-refractivity contribution is 5.56. The van der Waals surface area contributed by atoms with Gasteiger partial charge < -0.3 is 9.47 Å². The quantitative estimate of drug-likeness (QED) is 0.539. The van der Waals surface area contributed by atoms with Crippen LogP contribution in [-0.4, -0.2) is 26.3 Å². The fraction of sp³-hybridized carbons (Fsp3) is 0.857. The van der Waals surface area contributed by atoms with Gasteiger partial charge in [0.05, 0.1) is 0 Å². The highest BCUT2D eigenvalue weighted by atomic mass is 16.7. The van der Waals surface area contributed by atoms with E-state index in [4.69, 9.17) is 9.47 Å². The van der Waals surface area contributed by atoms with Crippen molar-refractivity contribution in [1.29, 1.82) is 0 Å². The van der Waals surface area contributed by atoms with Crippen LogP contribution in [0.15, 0.2) is 0 Å². The fourth-order valence-corrected chi connectivity index (χ4v) is 1.19. The Morgan fingerprint density at radius 1 is 1.40 bits per heavy atom. The molecule has 1 aliphatic rings. The molecule has 0 aliphatic heterocycles. The van der Waals surface area contributed by atoms with Crippen molar-refractivity contribution in [2.24, 2.45) is 5.92 Å². The third-order valence-corrected chi connectivity index (χ3v) is 2.03. The van der Waals surface area contributed by atoms with Gasteiger partial charge in [-0.05, 0) is 0 Å². The Kier molecular flexibility index (Phi) is 2.06. The fourth-order valence-electron chi connectivity index (χ4n) is 1.19. The van der Waals surface area contributed by atoms with Crippen LogP contribution in [0.1, 0.15) is 12.8 Å². The van der Waals surface area contributed by atoms with Crippen LogP contribution in [-0.2, 0) is 14.3 Å². The maximum absolute atomic E-state index is 10.1. The normalized spacial score (nSPS) is 23.8. The first-order chi connectivity index (χ1) is 4.76. The molecular formula is C7H11O3. The average Bonchev–Trinajstić information content (AvgIpc) is 1.89. The van der Waals surface area contributed by atoms with Crippen LogP contribution in [0, 0.1) is 5.92 Å². The van der Waals surface area contributed by atoms with Crippen molar-refractivity contribution < 1.29 is 14.3 Å². The molecule has 0 atom stereocenters. The standard InChI is InChI=1S/C7H11O3/c1-9-7(10-2)3-6(4-7)5-8/h6H,3-4H2,1-2H3. The topological polar surface area (TPSA) is 35.5 Å². The van der Waals surface area contributed by atoms with E-state index in [1.807, 2.05) is 6.29 Å². The molecule has 0 aromatic heterocycles. The molecule has 3 heteroatoms. The van der Waals surface area contributed by atoms with Gasteiger partial charge in [0.25, 0.3) is 0 Å². The van der Waals surface area contributed by atoms with Gasteiger partial charge in [-0.3, -0.25) is 4.79 Å². The van der Waals surface area contributed by atoms with E-state index in [-0.39, 0.29) is 5.92 Å². The van der Waals surface area contributed by atoms with Crippen molar-refractivity contribution in [2.75, 3.05) is 14.2 Å². The summed E-state index contributed by atoms with van der Waals surface area (Å²) in [5.74, 6) is -0.470. The van der Waals surface area contributed by atoms with Gasteiger partial charge in [0.2, 0.25) is 6.29 Å². The molecule has 0 unspecified atom stereocenters. The zero-order chi connectivity index (χ0) is 7.61. The largest absolute Gasteiger partial charge is 0.353 e. The molecule has 1 radical (unpaired) electrons. The van der Waals surface area contributed by atoms with Crippen molar-refractivity contribution in [3.8, 4) is 0 Å². The maximum atomic E-state index is 10.1. The molecule has 0 aromatic carbocycles. The van der Waals surface area contributed by atoms with E-state index >= 15 is 0 Å². The average molecular weight is 143 g/mol. The van der Waals surface area contributed by atoms with Crippen LogP contribution >= 0.6 is 0 Å². The van der Waals surface area contributed by atoms with Crippen LogP contribution in [0.5, 0.6) is 0 Å². The van der Waals surface area contributed by atoms with Crippen molar-refractivity contribution in [1.82, 2.24) is 0 Å². The van der Waals surface area contributed by atoms with Gasteiger partial charge >= 0.3 is 0 Å². The van der Waals surface area contributed by atoms with E-state index in [9.17, 15) is 4.79 Å². The first-order valence-corrected chi connectivity index (χ1v) is 3.24. The van der Waals surface area contributed by atoms with E-state index in [0.29, 0.717) is 12.8 Å². The molecule has 0 heterocycles. The summed E-state index contributed by atoms with van der Waals surface area (Å²) < 4.78 is 10.1. The summed E-state index contributed by atoms with van der Waals surface area (Å²) in [5.41, 5.74) is 0. The van der Waals surface area contributed by atoms with Crippen molar-refractivity contribution in [2.45, 2.75) is 18.6 Å². The minimum atomic E-state index is -0.484. The second kappa shape index (κ2) is 2.68. The Balaban J connectivity index is 2.38. The number of hydrogen-bond donors (Lipinski definition) is 0. The zero-order valence-electron chi connectivity index (χ0n) is 6.22. The molecule has 10 heavy (non-hydrogen) atoms. The monoisotopic (exact) mass is 143 g/mol. The van der Waals surface area contributed by atoms with Gasteiger partial charge in [-0.2, -0.15) is 0 Å². The summed E-state index contributed by atoms with van der Waals surface area (Å²) in [6.45, 7) is 0. The lowest BCUT2D eigenvalue weighted by atomic mass is 9.80. The van der Waals surface area contributed by atoms with Crippen molar-refractivity contribution >= 4 is 6.29 Å². The van der Waals surface area contributed by atoms with Crippen LogP contribution in [0.2, 0.25) is 0 Å². The summed E-state index contributed by atoms with van der Waals surface area (Å²) in [6, 6.07) is 0. The minimum absolute atomic E-state index is 0.0138. The minimum Gasteiger partial charge on any atom is -0.353 e. The number of methoxy groups -OCH3 is 2. The van der Waals surface area contributed by atoms with Crippen LogP contribution < -0.4 is 0 Å². The molecule has 57 valence electrons. The third kappa shape index (κ3) is 1.07. The van der Waals surface area contributed by atoms with Crippen LogP contribution in [0.3, 0.4) is 0 Å². The van der Waals surface area contributed by atoms with Gasteiger partial charge in [-0.1, -0.05) is 0 Å². The zero-order valence-corrected chi connectivity index (χ0v) is 6.22. The predicted octanol–water partition coefficient (Wildman–Crippen LogP) is 0.495. The van der Waals surface area contributed by atoms with Crippen molar-refractivity contribution in [3.63, 3.8) is 0 Å². The smallest absolute Gasteiger partial charge is 0.202 e. The number of ether oxygens (including phenoxy) is 2. The first-order valence-electron chi connectivity index (χ1n) is 3.24. The Morgan fingerprint density at radius 3 is 2.20 bits per heavy atom. The van der Waals surface area contributed by atoms with E-state index in [1.54, 1.807) is 14.2 Å². The number of rotatable bonds is 3. The Bertz CT molecular complexity index is 121. The molecule has 0 saturated heterocycles. The van der Waals surface area contributed by atoms with E-state index in [2.05, 4.69) is 0 Å². The van der Waals surface area contributed by atoms with Gasteiger partial charge in [0.15, 0.2) is 5.79 Å². The Hall–Kier alpha value is -0.410. The highest BCUT2D eigenvalue weighted by Gasteiger charge is 2.45. The van der Waals surface area contributed by atoms with E-state index in [1.165, 1.54) is 0 Å². The van der Waals surface area contributed by atoms with Gasteiger partial charge in [0.1, 0.15) is 0 Å². The SMILES string of the molecule is COC1(OC)CC([C]=O)C1. The predicted molar refractivity (Wildman–Crippen MR) is 35.2 cm³/mol. The molecule has 0 spiro atoms. The number of carbonyl (C=O) groups excluding carboxylic acids is 1. The second-order valence-corrected chi connectivity index (χ2v) is 2.54. The van der Waals surface area contributed by atoms with Gasteiger partial charge in [0, 0.05) is 33.0 Å². The van der Waals surface area contributed by atoms with Crippen LogP contribution in [0.25, 0.3) is 0 Å². The molecule has 1 saturated carbocycles. The van der Waals surface area contributed by atoms with Crippen molar-refractivity contribution in [3.05, 3.63) is 0 Å². The van der Waals surface area contributed by atoms with Crippen LogP contribution in [0.4, 0.5) is 0 Å². The first kappa shape index (κ1) is 7.69. The molecular weight excluding hydrogens is 132 g/mol. The molecule has 1 aliphatic carbocycles. The lowest BCUT2D eigenvalue weighted by Gasteiger charge is -2.42. The summed E-state index contributed by atoms with van der Waals surface area (Å²) in [4.78, 5) is 10.1. The molecule has 0 amide bonds. The molecule has 0 bridgehead atoms. The van der Waals surface area contributed by atoms with E-state index < -0.39 is 5.79 Å². The Labute approximate surface area is 60.3 Å². The number of hydrogen-bond acceptors (Lipinski definition) is 3. The molecule has 0 N–H and O–H groups in total. The lowest BCUT2D eigenvalue weighted by Crippen LogP contribution is -2.47. The third-order valence-electron chi connectivity index (χ3n) is 2.03. The molecule has 0 aromatic rings. The Morgan fingerprint density at radius 2 is 1.90 bits per heavy atom. The molecule has 1 fully saturated rings. The summed E-state index contributed by atoms with van der Waals surface area (Å²) in [6.07, 6.45) is 3.20. The van der Waals surface area contributed by atoms with E-state index in [0.717, 1.165) is 0 Å². The molecule has 1 rings (SSSR count). The lowest BCUT2D eigenvalue weighted by molar-refractivity contribution is -0.260. The highest BCUT2D eigenvalue weighted by Crippen LogP contribution is 2.39. The summed E-state index contributed by atoms with van der Waals surface area (Å²) in [5, 5.41) is 0. The van der Waals surface area contributed by atoms with Gasteiger partial charge in [-0.15, -0.1) is 0 Å². The second-order valence-electron chi connectivity index (χ2n) is 2.54. The molecule has 3 nitrogen and oxygen atoms in total.